The van der Waals surface area contributed by atoms with E-state index in [1.54, 1.807) is 6.26 Å². The third-order valence-corrected chi connectivity index (χ3v) is 4.64. The molecule has 0 saturated carbocycles. The largest absolute Gasteiger partial charge is 0.467 e. The van der Waals surface area contributed by atoms with Crippen LogP contribution < -0.4 is 5.32 Å². The molecule has 7 nitrogen and oxygen atoms in total. The van der Waals surface area contributed by atoms with Crippen LogP contribution in [0.15, 0.2) is 27.8 Å². The average molecular weight is 365 g/mol. The summed E-state index contributed by atoms with van der Waals surface area (Å²) in [6, 6.07) is 3.79. The van der Waals surface area contributed by atoms with Crippen LogP contribution in [0, 0.1) is 0 Å². The Morgan fingerprint density at radius 3 is 3.04 bits per heavy atom. The van der Waals surface area contributed by atoms with E-state index in [0.717, 1.165) is 70.4 Å². The molecule has 1 aromatic rings. The minimum absolute atomic E-state index is 0.145. The van der Waals surface area contributed by atoms with Crippen molar-refractivity contribution in [3.05, 3.63) is 24.2 Å². The smallest absolute Gasteiger partial charge is 0.194 e. The first-order valence-corrected chi connectivity index (χ1v) is 9.73. The highest BCUT2D eigenvalue weighted by atomic mass is 16.5. The second-order valence-corrected chi connectivity index (χ2v) is 6.63. The minimum Gasteiger partial charge on any atom is -0.467 e. The van der Waals surface area contributed by atoms with Gasteiger partial charge in [0.15, 0.2) is 5.96 Å². The number of guanidine groups is 1. The van der Waals surface area contributed by atoms with Gasteiger partial charge in [-0.1, -0.05) is 0 Å². The van der Waals surface area contributed by atoms with Crippen LogP contribution >= 0.6 is 0 Å². The van der Waals surface area contributed by atoms with Crippen molar-refractivity contribution in [2.24, 2.45) is 4.99 Å². The Labute approximate surface area is 155 Å². The van der Waals surface area contributed by atoms with Crippen LogP contribution in [0.2, 0.25) is 0 Å². The Morgan fingerprint density at radius 2 is 2.27 bits per heavy atom. The molecule has 2 saturated heterocycles. The van der Waals surface area contributed by atoms with Gasteiger partial charge in [0.05, 0.1) is 19.0 Å². The molecular formula is C19H31N3O4. The van der Waals surface area contributed by atoms with Gasteiger partial charge in [-0.25, -0.2) is 0 Å². The first kappa shape index (κ1) is 19.2. The SMILES string of the molecule is CCNC(=NCCCOCc1ccco1)N1CCOC(C2CCCO2)C1. The standard InChI is InChI=1S/C19H31N3O4/c1-2-20-19(21-8-5-10-23-15-16-6-3-11-24-16)22-9-13-26-18(14-22)17-7-4-12-25-17/h3,6,11,17-18H,2,4-5,7-10,12-15H2,1H3,(H,20,21). The maximum atomic E-state index is 5.94. The first-order chi connectivity index (χ1) is 12.9. The molecule has 7 heteroatoms. The van der Waals surface area contributed by atoms with E-state index in [1.165, 1.54) is 0 Å². The predicted octanol–water partition coefficient (Wildman–Crippen LogP) is 2.03. The van der Waals surface area contributed by atoms with Crippen LogP contribution in [-0.4, -0.2) is 69.1 Å². The maximum Gasteiger partial charge on any atom is 0.194 e. The molecule has 2 aliphatic heterocycles. The lowest BCUT2D eigenvalue weighted by atomic mass is 10.1. The van der Waals surface area contributed by atoms with Crippen molar-refractivity contribution in [3.63, 3.8) is 0 Å². The fourth-order valence-corrected chi connectivity index (χ4v) is 3.33. The van der Waals surface area contributed by atoms with Crippen molar-refractivity contribution in [2.45, 2.75) is 45.0 Å². The normalized spacial score (nSPS) is 24.2. The minimum atomic E-state index is 0.145. The van der Waals surface area contributed by atoms with Crippen LogP contribution in [0.1, 0.15) is 31.9 Å². The van der Waals surface area contributed by atoms with Gasteiger partial charge >= 0.3 is 0 Å². The molecule has 1 aromatic heterocycles. The molecule has 0 spiro atoms. The molecule has 26 heavy (non-hydrogen) atoms. The van der Waals surface area contributed by atoms with Gasteiger partial charge in [0.1, 0.15) is 18.5 Å². The Kier molecular flexibility index (Phi) is 7.79. The van der Waals surface area contributed by atoms with Crippen LogP contribution in [-0.2, 0) is 20.8 Å². The topological polar surface area (TPSA) is 68.5 Å². The number of hydrogen-bond acceptors (Lipinski definition) is 5. The van der Waals surface area contributed by atoms with Gasteiger partial charge in [0.25, 0.3) is 0 Å². The highest BCUT2D eigenvalue weighted by molar-refractivity contribution is 5.80. The quantitative estimate of drug-likeness (QED) is 0.432. The lowest BCUT2D eigenvalue weighted by Crippen LogP contribution is -2.53. The summed E-state index contributed by atoms with van der Waals surface area (Å²) in [6.07, 6.45) is 5.16. The van der Waals surface area contributed by atoms with E-state index < -0.39 is 0 Å². The van der Waals surface area contributed by atoms with Gasteiger partial charge in [0.2, 0.25) is 0 Å². The fourth-order valence-electron chi connectivity index (χ4n) is 3.33. The molecule has 146 valence electrons. The molecule has 3 heterocycles. The molecule has 2 aliphatic rings. The Bertz CT molecular complexity index is 529. The Balaban J connectivity index is 1.42. The highest BCUT2D eigenvalue weighted by Crippen LogP contribution is 2.21. The van der Waals surface area contributed by atoms with Crippen LogP contribution in [0.4, 0.5) is 0 Å². The van der Waals surface area contributed by atoms with Crippen molar-refractivity contribution >= 4 is 5.96 Å². The van der Waals surface area contributed by atoms with Crippen LogP contribution in [0.5, 0.6) is 0 Å². The Morgan fingerprint density at radius 1 is 1.35 bits per heavy atom. The molecule has 0 bridgehead atoms. The maximum absolute atomic E-state index is 5.94. The molecule has 2 fully saturated rings. The van der Waals surface area contributed by atoms with E-state index in [9.17, 15) is 0 Å². The molecule has 2 atom stereocenters. The van der Waals surface area contributed by atoms with Gasteiger partial charge in [-0.15, -0.1) is 0 Å². The third kappa shape index (κ3) is 5.72. The number of furan rings is 1. The summed E-state index contributed by atoms with van der Waals surface area (Å²) in [5.41, 5.74) is 0. The molecule has 0 radical (unpaired) electrons. The summed E-state index contributed by atoms with van der Waals surface area (Å²) < 4.78 is 22.6. The number of rotatable bonds is 8. The van der Waals surface area contributed by atoms with E-state index in [1.807, 2.05) is 12.1 Å². The molecule has 1 N–H and O–H groups in total. The third-order valence-electron chi connectivity index (χ3n) is 4.64. The number of nitrogens with one attached hydrogen (secondary N) is 1. The molecule has 0 amide bonds. The van der Waals surface area contributed by atoms with Gasteiger partial charge in [-0.05, 0) is 38.3 Å². The van der Waals surface area contributed by atoms with E-state index in [0.29, 0.717) is 13.2 Å². The van der Waals surface area contributed by atoms with Gasteiger partial charge < -0.3 is 28.8 Å². The molecule has 0 aromatic carbocycles. The molecule has 3 rings (SSSR count). The fraction of sp³-hybridized carbons (Fsp3) is 0.737. The average Bonchev–Trinajstić information content (AvgIpc) is 3.37. The number of ether oxygens (including phenoxy) is 3. The van der Waals surface area contributed by atoms with Crippen molar-refractivity contribution in [2.75, 3.05) is 46.0 Å². The second-order valence-electron chi connectivity index (χ2n) is 6.63. The van der Waals surface area contributed by atoms with Crippen LogP contribution in [0.3, 0.4) is 0 Å². The van der Waals surface area contributed by atoms with E-state index in [-0.39, 0.29) is 12.2 Å². The summed E-state index contributed by atoms with van der Waals surface area (Å²) in [4.78, 5) is 7.06. The molecule has 0 aliphatic carbocycles. The summed E-state index contributed by atoms with van der Waals surface area (Å²) in [5, 5.41) is 3.40. The number of nitrogens with zero attached hydrogens (tertiary/aromatic N) is 2. The summed E-state index contributed by atoms with van der Waals surface area (Å²) in [7, 11) is 0. The number of aliphatic imine (C=N–C) groups is 1. The monoisotopic (exact) mass is 365 g/mol. The van der Waals surface area contributed by atoms with Gasteiger partial charge in [-0.2, -0.15) is 0 Å². The van der Waals surface area contributed by atoms with Crippen molar-refractivity contribution in [1.82, 2.24) is 10.2 Å². The van der Waals surface area contributed by atoms with Crippen molar-refractivity contribution in [1.29, 1.82) is 0 Å². The van der Waals surface area contributed by atoms with Crippen molar-refractivity contribution < 1.29 is 18.6 Å². The zero-order chi connectivity index (χ0) is 18.0. The van der Waals surface area contributed by atoms with Gasteiger partial charge in [0, 0.05) is 39.4 Å². The van der Waals surface area contributed by atoms with Gasteiger partial charge in [-0.3, -0.25) is 4.99 Å². The molecule has 2 unspecified atom stereocenters. The predicted molar refractivity (Wildman–Crippen MR) is 99.2 cm³/mol. The second kappa shape index (κ2) is 10.5. The van der Waals surface area contributed by atoms with Crippen molar-refractivity contribution in [3.8, 4) is 0 Å². The van der Waals surface area contributed by atoms with E-state index in [2.05, 4.69) is 17.1 Å². The zero-order valence-corrected chi connectivity index (χ0v) is 15.7. The number of hydrogen-bond donors (Lipinski definition) is 1. The Hall–Kier alpha value is -1.57. The lowest BCUT2D eigenvalue weighted by Gasteiger charge is -2.37. The van der Waals surface area contributed by atoms with E-state index in [4.69, 9.17) is 23.6 Å². The first-order valence-electron chi connectivity index (χ1n) is 9.73. The summed E-state index contributed by atoms with van der Waals surface area (Å²) in [5.74, 6) is 1.82. The zero-order valence-electron chi connectivity index (χ0n) is 15.7. The molecular weight excluding hydrogens is 334 g/mol. The van der Waals surface area contributed by atoms with Crippen LogP contribution in [0.25, 0.3) is 0 Å². The number of morpholine rings is 1. The summed E-state index contributed by atoms with van der Waals surface area (Å²) >= 11 is 0. The lowest BCUT2D eigenvalue weighted by molar-refractivity contribution is -0.0817. The summed E-state index contributed by atoms with van der Waals surface area (Å²) in [6.45, 7) is 8.17. The highest BCUT2D eigenvalue weighted by Gasteiger charge is 2.32. The van der Waals surface area contributed by atoms with E-state index >= 15 is 0 Å².